The summed E-state index contributed by atoms with van der Waals surface area (Å²) >= 11 is 0. The quantitative estimate of drug-likeness (QED) is 0.796. The van der Waals surface area contributed by atoms with E-state index in [1.165, 1.54) is 37.3 Å². The number of nitrogen functional groups attached to an aromatic ring is 1. The van der Waals surface area contributed by atoms with E-state index in [-0.39, 0.29) is 23.7 Å². The lowest BCUT2D eigenvalue weighted by atomic mass is 9.75. The summed E-state index contributed by atoms with van der Waals surface area (Å²) in [5, 5.41) is 0. The molecular weight excluding hydrogens is 332 g/mol. The Morgan fingerprint density at radius 3 is 2.54 bits per heavy atom. The molecule has 1 aromatic rings. The van der Waals surface area contributed by atoms with Gasteiger partial charge in [-0.1, -0.05) is 26.2 Å². The van der Waals surface area contributed by atoms with Gasteiger partial charge >= 0.3 is 5.69 Å². The lowest BCUT2D eigenvalue weighted by Gasteiger charge is -2.41. The Hall–Kier alpha value is -1.89. The molecule has 0 amide bonds. The molecule has 1 saturated carbocycles. The Morgan fingerprint density at radius 1 is 1.15 bits per heavy atom. The molecule has 2 heterocycles. The Bertz CT molecular complexity index is 795. The van der Waals surface area contributed by atoms with Crippen LogP contribution in [0.25, 0.3) is 0 Å². The fourth-order valence-electron chi connectivity index (χ4n) is 4.59. The van der Waals surface area contributed by atoms with Gasteiger partial charge in [-0.05, 0) is 37.6 Å². The third-order valence-electron chi connectivity index (χ3n) is 6.05. The zero-order chi connectivity index (χ0) is 18.8. The van der Waals surface area contributed by atoms with E-state index in [2.05, 4.69) is 4.90 Å². The zero-order valence-electron chi connectivity index (χ0n) is 15.9. The van der Waals surface area contributed by atoms with Crippen molar-refractivity contribution in [1.82, 2.24) is 14.0 Å². The summed E-state index contributed by atoms with van der Waals surface area (Å²) in [7, 11) is 1.40. The number of ketones is 1. The molecule has 7 heteroatoms. The van der Waals surface area contributed by atoms with Crippen molar-refractivity contribution in [3.05, 3.63) is 26.4 Å². The SMILES string of the molecule is CCCn1c(N)c(C(=O)CN2CC[C@@H]3CCCC[C@@H]3C2)c(=O)n(C)c1=O. The minimum atomic E-state index is -0.586. The molecule has 1 aromatic heterocycles. The van der Waals surface area contributed by atoms with E-state index in [0.717, 1.165) is 30.0 Å². The van der Waals surface area contributed by atoms with E-state index in [1.807, 2.05) is 6.92 Å². The number of piperidine rings is 1. The van der Waals surface area contributed by atoms with E-state index in [0.29, 0.717) is 18.9 Å². The smallest absolute Gasteiger partial charge is 0.332 e. The molecule has 1 aliphatic heterocycles. The van der Waals surface area contributed by atoms with Gasteiger partial charge in [0, 0.05) is 20.1 Å². The number of fused-ring (bicyclic) bond motifs is 1. The molecule has 2 aliphatic rings. The summed E-state index contributed by atoms with van der Waals surface area (Å²) in [6, 6.07) is 0. The van der Waals surface area contributed by atoms with Gasteiger partial charge in [0.25, 0.3) is 5.56 Å². The highest BCUT2D eigenvalue weighted by atomic mass is 16.2. The van der Waals surface area contributed by atoms with Crippen molar-refractivity contribution in [2.24, 2.45) is 18.9 Å². The molecule has 2 fully saturated rings. The van der Waals surface area contributed by atoms with Crippen LogP contribution in [0, 0.1) is 11.8 Å². The number of nitrogens with zero attached hydrogens (tertiary/aromatic N) is 3. The second-order valence-electron chi connectivity index (χ2n) is 7.81. The monoisotopic (exact) mass is 362 g/mol. The molecule has 1 saturated heterocycles. The first-order valence-electron chi connectivity index (χ1n) is 9.78. The van der Waals surface area contributed by atoms with Gasteiger partial charge in [-0.2, -0.15) is 0 Å². The van der Waals surface area contributed by atoms with Crippen molar-refractivity contribution in [2.75, 3.05) is 25.4 Å². The van der Waals surface area contributed by atoms with Gasteiger partial charge in [0.05, 0.1) is 6.54 Å². The lowest BCUT2D eigenvalue weighted by molar-refractivity contribution is 0.0711. The third kappa shape index (κ3) is 3.49. The minimum absolute atomic E-state index is 0.0116. The number of hydrogen-bond acceptors (Lipinski definition) is 5. The average molecular weight is 362 g/mol. The van der Waals surface area contributed by atoms with E-state index in [1.54, 1.807) is 0 Å². The van der Waals surface area contributed by atoms with Crippen LogP contribution in [-0.2, 0) is 13.6 Å². The van der Waals surface area contributed by atoms with Gasteiger partial charge in [0.2, 0.25) is 0 Å². The fraction of sp³-hybridized carbons (Fsp3) is 0.737. The van der Waals surface area contributed by atoms with Crippen LogP contribution in [0.1, 0.15) is 55.8 Å². The van der Waals surface area contributed by atoms with E-state index in [4.69, 9.17) is 5.73 Å². The predicted octanol–water partition coefficient (Wildman–Crippen LogP) is 1.23. The van der Waals surface area contributed by atoms with E-state index >= 15 is 0 Å². The number of aromatic nitrogens is 2. The maximum atomic E-state index is 12.9. The van der Waals surface area contributed by atoms with Crippen molar-refractivity contribution in [1.29, 1.82) is 0 Å². The Balaban J connectivity index is 1.82. The van der Waals surface area contributed by atoms with Crippen LogP contribution in [0.15, 0.2) is 9.59 Å². The summed E-state index contributed by atoms with van der Waals surface area (Å²) < 4.78 is 2.33. The lowest BCUT2D eigenvalue weighted by Crippen LogP contribution is -2.46. The number of nitrogens with two attached hydrogens (primary N) is 1. The molecule has 0 unspecified atom stereocenters. The number of hydrogen-bond donors (Lipinski definition) is 1. The topological polar surface area (TPSA) is 90.3 Å². The molecule has 0 aromatic carbocycles. The highest BCUT2D eigenvalue weighted by Crippen LogP contribution is 2.35. The van der Waals surface area contributed by atoms with Gasteiger partial charge in [-0.3, -0.25) is 23.6 Å². The number of likely N-dealkylation sites (tertiary alicyclic amines) is 1. The second-order valence-corrected chi connectivity index (χ2v) is 7.81. The number of anilines is 1. The van der Waals surface area contributed by atoms with Crippen LogP contribution in [0.5, 0.6) is 0 Å². The molecule has 0 radical (unpaired) electrons. The van der Waals surface area contributed by atoms with Crippen molar-refractivity contribution in [3.63, 3.8) is 0 Å². The molecule has 1 aliphatic carbocycles. The van der Waals surface area contributed by atoms with Gasteiger partial charge in [-0.25, -0.2) is 4.79 Å². The maximum Gasteiger partial charge on any atom is 0.332 e. The number of carbonyl (C=O) groups excluding carboxylic acids is 1. The first-order chi connectivity index (χ1) is 12.4. The van der Waals surface area contributed by atoms with Gasteiger partial charge in [0.1, 0.15) is 11.4 Å². The van der Waals surface area contributed by atoms with Crippen molar-refractivity contribution in [3.8, 4) is 0 Å². The summed E-state index contributed by atoms with van der Waals surface area (Å²) in [4.78, 5) is 39.8. The van der Waals surface area contributed by atoms with Gasteiger partial charge in [0.15, 0.2) is 5.78 Å². The summed E-state index contributed by atoms with van der Waals surface area (Å²) in [6.07, 6.45) is 6.97. The van der Waals surface area contributed by atoms with Crippen LogP contribution in [-0.4, -0.2) is 39.5 Å². The molecule has 3 rings (SSSR count). The molecular formula is C19H30N4O3. The highest BCUT2D eigenvalue weighted by Gasteiger charge is 2.32. The van der Waals surface area contributed by atoms with Gasteiger partial charge in [-0.15, -0.1) is 0 Å². The molecule has 2 N–H and O–H groups in total. The number of Topliss-reactive ketones (excluding diaryl/α,β-unsaturated/α-hetero) is 1. The van der Waals surface area contributed by atoms with Crippen LogP contribution < -0.4 is 17.0 Å². The Kier molecular flexibility index (Phi) is 5.65. The van der Waals surface area contributed by atoms with Crippen LogP contribution in [0.3, 0.4) is 0 Å². The molecule has 0 bridgehead atoms. The Labute approximate surface area is 153 Å². The average Bonchev–Trinajstić information content (AvgIpc) is 2.63. The summed E-state index contributed by atoms with van der Waals surface area (Å²) in [5.74, 6) is 1.19. The van der Waals surface area contributed by atoms with E-state index in [9.17, 15) is 14.4 Å². The number of rotatable bonds is 5. The maximum absolute atomic E-state index is 12.9. The molecule has 0 spiro atoms. The molecule has 144 valence electrons. The third-order valence-corrected chi connectivity index (χ3v) is 6.05. The van der Waals surface area contributed by atoms with Crippen LogP contribution in [0.4, 0.5) is 5.82 Å². The minimum Gasteiger partial charge on any atom is -0.384 e. The largest absolute Gasteiger partial charge is 0.384 e. The van der Waals surface area contributed by atoms with Crippen LogP contribution >= 0.6 is 0 Å². The van der Waals surface area contributed by atoms with Crippen molar-refractivity contribution < 1.29 is 4.79 Å². The summed E-state index contributed by atoms with van der Waals surface area (Å²) in [6.45, 7) is 4.33. The normalized spacial score (nSPS) is 23.6. The van der Waals surface area contributed by atoms with Crippen LogP contribution in [0.2, 0.25) is 0 Å². The molecule has 26 heavy (non-hydrogen) atoms. The van der Waals surface area contributed by atoms with E-state index < -0.39 is 11.2 Å². The standard InChI is InChI=1S/C19H30N4O3/c1-3-9-23-17(20)16(18(25)21(2)19(23)26)15(24)12-22-10-8-13-6-4-5-7-14(13)11-22/h13-14H,3-12,20H2,1-2H3/t13-,14+/m0/s1. The first kappa shape index (κ1) is 18.9. The Morgan fingerprint density at radius 2 is 1.85 bits per heavy atom. The second kappa shape index (κ2) is 7.78. The predicted molar refractivity (Wildman–Crippen MR) is 101 cm³/mol. The van der Waals surface area contributed by atoms with Gasteiger partial charge < -0.3 is 5.73 Å². The summed E-state index contributed by atoms with van der Waals surface area (Å²) in [5.41, 5.74) is 4.98. The zero-order valence-corrected chi connectivity index (χ0v) is 15.9. The highest BCUT2D eigenvalue weighted by molar-refractivity contribution is 6.01. The number of carbonyl (C=O) groups is 1. The van der Waals surface area contributed by atoms with Crippen molar-refractivity contribution in [2.45, 2.75) is 52.0 Å². The first-order valence-corrected chi connectivity index (χ1v) is 9.78. The van der Waals surface area contributed by atoms with Crippen molar-refractivity contribution >= 4 is 11.6 Å². The fourth-order valence-corrected chi connectivity index (χ4v) is 4.59. The molecule has 2 atom stereocenters. The molecule has 7 nitrogen and oxygen atoms in total.